The average Bonchev–Trinajstić information content (AvgIpc) is 2.79. The highest BCUT2D eigenvalue weighted by Gasteiger charge is 2.60. The van der Waals surface area contributed by atoms with Crippen molar-refractivity contribution in [1.82, 2.24) is 0 Å². The number of esters is 1. The Balaban J connectivity index is 2.19. The fourth-order valence-electron chi connectivity index (χ4n) is 3.51. The number of ether oxygens (including phenoxy) is 1. The third-order valence-electron chi connectivity index (χ3n) is 4.51. The van der Waals surface area contributed by atoms with Crippen molar-refractivity contribution in [1.29, 1.82) is 0 Å². The Bertz CT molecular complexity index is 653. The summed E-state index contributed by atoms with van der Waals surface area (Å²) in [5, 5.41) is 11.1. The van der Waals surface area contributed by atoms with E-state index in [2.05, 4.69) is 0 Å². The highest BCUT2D eigenvalue weighted by atomic mass is 16.6. The van der Waals surface area contributed by atoms with Gasteiger partial charge in [0.15, 0.2) is 5.78 Å². The molecule has 0 unspecified atom stereocenters. The summed E-state index contributed by atoms with van der Waals surface area (Å²) in [5.41, 5.74) is 0.149. The number of carbonyl (C=O) groups excluding carboxylic acids is 2. The van der Waals surface area contributed by atoms with E-state index in [4.69, 9.17) is 4.74 Å². The second-order valence-electron chi connectivity index (χ2n) is 5.75. The van der Waals surface area contributed by atoms with Crippen molar-refractivity contribution in [2.45, 2.75) is 32.1 Å². The maximum absolute atomic E-state index is 12.4. The molecule has 0 aromatic heterocycles. The third kappa shape index (κ3) is 1.93. The van der Waals surface area contributed by atoms with E-state index in [1.54, 1.807) is 18.2 Å². The number of rotatable bonds is 2. The minimum atomic E-state index is -1.37. The monoisotopic (exact) mass is 289 g/mol. The predicted octanol–water partition coefficient (Wildman–Crippen LogP) is 2.01. The van der Waals surface area contributed by atoms with E-state index in [1.807, 2.05) is 6.92 Å². The lowest BCUT2D eigenvalue weighted by molar-refractivity contribution is -0.485. The Hall–Kier alpha value is -2.24. The fourth-order valence-corrected chi connectivity index (χ4v) is 3.51. The van der Waals surface area contributed by atoms with Crippen molar-refractivity contribution in [3.63, 3.8) is 0 Å². The summed E-state index contributed by atoms with van der Waals surface area (Å²) >= 11 is 0. The number of fused-ring (bicyclic) bond motifs is 1. The molecular weight excluding hydrogens is 274 g/mol. The number of nitro groups is 1. The first-order valence-corrected chi connectivity index (χ1v) is 6.93. The number of carbonyl (C=O) groups is 2. The van der Waals surface area contributed by atoms with Crippen LogP contribution in [-0.4, -0.2) is 23.2 Å². The van der Waals surface area contributed by atoms with Gasteiger partial charge >= 0.3 is 5.97 Å². The second-order valence-corrected chi connectivity index (χ2v) is 5.75. The Labute approximate surface area is 121 Å². The molecule has 1 aromatic rings. The van der Waals surface area contributed by atoms with E-state index in [0.29, 0.717) is 24.2 Å². The molecule has 6 heteroatoms. The van der Waals surface area contributed by atoms with Gasteiger partial charge in [0, 0.05) is 16.9 Å². The molecule has 0 N–H and O–H groups in total. The van der Waals surface area contributed by atoms with Crippen molar-refractivity contribution >= 4 is 11.8 Å². The molecular formula is C15H15NO5. The lowest BCUT2D eigenvalue weighted by Crippen LogP contribution is -2.48. The number of aryl methyl sites for hydroxylation is 1. The van der Waals surface area contributed by atoms with Gasteiger partial charge in [0.05, 0.1) is 5.92 Å². The predicted molar refractivity (Wildman–Crippen MR) is 72.7 cm³/mol. The van der Waals surface area contributed by atoms with Crippen LogP contribution in [0.3, 0.4) is 0 Å². The van der Waals surface area contributed by atoms with E-state index in [0.717, 1.165) is 5.56 Å². The van der Waals surface area contributed by atoms with Gasteiger partial charge < -0.3 is 4.74 Å². The van der Waals surface area contributed by atoms with Gasteiger partial charge in [-0.1, -0.05) is 17.7 Å². The fraction of sp³-hybridized carbons (Fsp3) is 0.467. The molecule has 1 spiro atoms. The van der Waals surface area contributed by atoms with Gasteiger partial charge in [-0.15, -0.1) is 0 Å². The van der Waals surface area contributed by atoms with Gasteiger partial charge in [-0.2, -0.15) is 0 Å². The quantitative estimate of drug-likeness (QED) is 0.273. The molecule has 0 amide bonds. The largest absolute Gasteiger partial charge is 0.425 e. The lowest BCUT2D eigenvalue weighted by atomic mass is 9.68. The molecule has 3 rings (SSSR count). The lowest BCUT2D eigenvalue weighted by Gasteiger charge is -2.36. The van der Waals surface area contributed by atoms with Crippen LogP contribution in [0, 0.1) is 22.5 Å². The van der Waals surface area contributed by atoms with E-state index < -0.39 is 28.8 Å². The van der Waals surface area contributed by atoms with Gasteiger partial charge in [-0.3, -0.25) is 19.7 Å². The minimum absolute atomic E-state index is 0.230. The summed E-state index contributed by atoms with van der Waals surface area (Å²) in [6.07, 6.45) is 1.18. The summed E-state index contributed by atoms with van der Waals surface area (Å²) in [5.74, 6) is -1.26. The smallest absolute Gasteiger partial charge is 0.325 e. The Morgan fingerprint density at radius 1 is 1.43 bits per heavy atom. The Morgan fingerprint density at radius 2 is 2.19 bits per heavy atom. The number of hydrogen-bond acceptors (Lipinski definition) is 5. The zero-order chi connectivity index (χ0) is 15.2. The van der Waals surface area contributed by atoms with Crippen molar-refractivity contribution in [2.75, 3.05) is 6.54 Å². The van der Waals surface area contributed by atoms with Crippen LogP contribution in [0.2, 0.25) is 0 Å². The highest BCUT2D eigenvalue weighted by Crippen LogP contribution is 2.52. The van der Waals surface area contributed by atoms with Crippen LogP contribution in [0.15, 0.2) is 18.2 Å². The molecule has 1 aliphatic heterocycles. The van der Waals surface area contributed by atoms with Crippen molar-refractivity contribution in [2.24, 2.45) is 5.41 Å². The second kappa shape index (κ2) is 4.65. The first-order valence-electron chi connectivity index (χ1n) is 6.93. The molecule has 110 valence electrons. The topological polar surface area (TPSA) is 86.5 Å². The van der Waals surface area contributed by atoms with E-state index in [1.165, 1.54) is 0 Å². The third-order valence-corrected chi connectivity index (χ3v) is 4.51. The number of hydrogen-bond donors (Lipinski definition) is 0. The van der Waals surface area contributed by atoms with Gasteiger partial charge in [0.25, 0.3) is 0 Å². The van der Waals surface area contributed by atoms with E-state index in [9.17, 15) is 19.7 Å². The molecule has 6 nitrogen and oxygen atoms in total. The van der Waals surface area contributed by atoms with Gasteiger partial charge in [0.1, 0.15) is 11.2 Å². The molecule has 0 radical (unpaired) electrons. The zero-order valence-corrected chi connectivity index (χ0v) is 11.6. The van der Waals surface area contributed by atoms with Crippen LogP contribution in [-0.2, 0) is 9.59 Å². The van der Waals surface area contributed by atoms with Crippen LogP contribution in [0.1, 0.15) is 36.3 Å². The van der Waals surface area contributed by atoms with Gasteiger partial charge in [-0.05, 0) is 25.8 Å². The minimum Gasteiger partial charge on any atom is -0.425 e. The molecule has 0 bridgehead atoms. The molecule has 1 saturated carbocycles. The molecule has 1 aromatic carbocycles. The molecule has 1 heterocycles. The maximum Gasteiger partial charge on any atom is 0.325 e. The summed E-state index contributed by atoms with van der Waals surface area (Å²) in [4.78, 5) is 35.3. The summed E-state index contributed by atoms with van der Waals surface area (Å²) in [6.45, 7) is 1.43. The number of nitrogens with zero attached hydrogens (tertiary/aromatic N) is 1. The van der Waals surface area contributed by atoms with Crippen LogP contribution in [0.25, 0.3) is 0 Å². The normalized spacial score (nSPS) is 27.6. The molecule has 0 saturated heterocycles. The van der Waals surface area contributed by atoms with Crippen LogP contribution < -0.4 is 4.74 Å². The molecule has 1 aliphatic carbocycles. The van der Waals surface area contributed by atoms with Crippen LogP contribution >= 0.6 is 0 Å². The first kappa shape index (κ1) is 13.7. The summed E-state index contributed by atoms with van der Waals surface area (Å²) in [7, 11) is 0. The standard InChI is InChI=1S/C15H15NO5/c1-9-4-5-12-10(7-9)11(8-16(19)20)15(14(18)21-12)6-2-3-13(15)17/h4-5,7,11H,2-3,6,8H2,1H3/t11-,15-/m0/s1. The molecule has 2 aliphatic rings. The van der Waals surface area contributed by atoms with Crippen molar-refractivity contribution in [3.05, 3.63) is 39.4 Å². The summed E-state index contributed by atoms with van der Waals surface area (Å²) in [6, 6.07) is 5.20. The van der Waals surface area contributed by atoms with E-state index >= 15 is 0 Å². The van der Waals surface area contributed by atoms with Crippen LogP contribution in [0.4, 0.5) is 0 Å². The number of ketones is 1. The number of Topliss-reactive ketones (excluding diaryl/α,β-unsaturated/α-hetero) is 1. The first-order chi connectivity index (χ1) is 9.95. The SMILES string of the molecule is Cc1ccc2c(c1)[C@H](C[N+](=O)[O-])[C@]1(CCCC1=O)C(=O)O2. The van der Waals surface area contributed by atoms with Gasteiger partial charge in [-0.25, -0.2) is 0 Å². The zero-order valence-electron chi connectivity index (χ0n) is 11.6. The molecule has 1 fully saturated rings. The van der Waals surface area contributed by atoms with E-state index in [-0.39, 0.29) is 12.2 Å². The molecule has 21 heavy (non-hydrogen) atoms. The number of benzene rings is 1. The van der Waals surface area contributed by atoms with Gasteiger partial charge in [0.2, 0.25) is 6.54 Å². The maximum atomic E-state index is 12.4. The Morgan fingerprint density at radius 3 is 2.81 bits per heavy atom. The average molecular weight is 289 g/mol. The highest BCUT2D eigenvalue weighted by molar-refractivity contribution is 6.08. The van der Waals surface area contributed by atoms with Crippen molar-refractivity contribution in [3.8, 4) is 5.75 Å². The molecule has 2 atom stereocenters. The van der Waals surface area contributed by atoms with Crippen LogP contribution in [0.5, 0.6) is 5.75 Å². The summed E-state index contributed by atoms with van der Waals surface area (Å²) < 4.78 is 5.32. The van der Waals surface area contributed by atoms with Crippen molar-refractivity contribution < 1.29 is 19.2 Å². The Kier molecular flexibility index (Phi) is 3.04.